The number of ether oxygens (including phenoxy) is 1. The monoisotopic (exact) mass is 382 g/mol. The van der Waals surface area contributed by atoms with Gasteiger partial charge in [-0.3, -0.25) is 10.1 Å². The summed E-state index contributed by atoms with van der Waals surface area (Å²) in [5.74, 6) is -2.63. The molecule has 3 rings (SSSR count). The molecule has 144 valence electrons. The van der Waals surface area contributed by atoms with Crippen LogP contribution in [-0.4, -0.2) is 46.3 Å². The maximum absolute atomic E-state index is 14.5. The average Bonchev–Trinajstić information content (AvgIpc) is 3.14. The SMILES string of the molecule is COC(=O)N1CCCC(c2nc(-c3cc(F)c(C)c([N+](=O)[O-])c3F)no2)C1. The highest BCUT2D eigenvalue weighted by atomic mass is 19.1. The van der Waals surface area contributed by atoms with Crippen LogP contribution in [0, 0.1) is 28.7 Å². The normalized spacial score (nSPS) is 17.0. The fraction of sp³-hybridized carbons (Fsp3) is 0.438. The molecule has 0 bridgehead atoms. The molecule has 0 saturated carbocycles. The minimum Gasteiger partial charge on any atom is -0.453 e. The van der Waals surface area contributed by atoms with Gasteiger partial charge in [-0.15, -0.1) is 0 Å². The molecule has 0 radical (unpaired) electrons. The number of amides is 1. The molecule has 1 amide bonds. The highest BCUT2D eigenvalue weighted by Crippen LogP contribution is 2.34. The summed E-state index contributed by atoms with van der Waals surface area (Å²) in [5, 5.41) is 14.7. The van der Waals surface area contributed by atoms with Crippen LogP contribution in [0.5, 0.6) is 0 Å². The van der Waals surface area contributed by atoms with Gasteiger partial charge in [0.1, 0.15) is 5.82 Å². The van der Waals surface area contributed by atoms with Crippen LogP contribution in [0.4, 0.5) is 19.3 Å². The zero-order valence-electron chi connectivity index (χ0n) is 14.6. The van der Waals surface area contributed by atoms with E-state index in [-0.39, 0.29) is 24.2 Å². The van der Waals surface area contributed by atoms with E-state index in [0.29, 0.717) is 19.4 Å². The van der Waals surface area contributed by atoms with Gasteiger partial charge < -0.3 is 14.2 Å². The van der Waals surface area contributed by atoms with Gasteiger partial charge in [0.2, 0.25) is 17.5 Å². The molecular weight excluding hydrogens is 366 g/mol. The van der Waals surface area contributed by atoms with E-state index in [1.165, 1.54) is 12.0 Å². The van der Waals surface area contributed by atoms with Gasteiger partial charge in [0, 0.05) is 13.1 Å². The second kappa shape index (κ2) is 7.25. The topological polar surface area (TPSA) is 112 Å². The predicted molar refractivity (Wildman–Crippen MR) is 87.0 cm³/mol. The number of hydrogen-bond donors (Lipinski definition) is 0. The second-order valence-corrected chi connectivity index (χ2v) is 6.16. The first-order valence-corrected chi connectivity index (χ1v) is 8.13. The molecule has 1 aromatic heterocycles. The number of nitro groups is 1. The highest BCUT2D eigenvalue weighted by molar-refractivity contribution is 5.67. The minimum absolute atomic E-state index is 0.140. The first-order valence-electron chi connectivity index (χ1n) is 8.13. The van der Waals surface area contributed by atoms with Crippen LogP contribution >= 0.6 is 0 Å². The molecule has 1 unspecified atom stereocenters. The second-order valence-electron chi connectivity index (χ2n) is 6.16. The molecule has 1 fully saturated rings. The summed E-state index contributed by atoms with van der Waals surface area (Å²) in [4.78, 5) is 27.3. The molecule has 2 heterocycles. The van der Waals surface area contributed by atoms with Crippen LogP contribution in [0.1, 0.15) is 30.2 Å². The van der Waals surface area contributed by atoms with Crippen molar-refractivity contribution < 1.29 is 27.8 Å². The number of carbonyl (C=O) groups excluding carboxylic acids is 1. The van der Waals surface area contributed by atoms with E-state index in [1.807, 2.05) is 0 Å². The molecule has 2 aromatic rings. The molecule has 0 aliphatic carbocycles. The maximum Gasteiger partial charge on any atom is 0.409 e. The lowest BCUT2D eigenvalue weighted by Gasteiger charge is -2.29. The Bertz CT molecular complexity index is 901. The Kier molecular flexibility index (Phi) is 5.02. The van der Waals surface area contributed by atoms with Crippen molar-refractivity contribution in [1.29, 1.82) is 0 Å². The summed E-state index contributed by atoms with van der Waals surface area (Å²) in [7, 11) is 1.28. The summed E-state index contributed by atoms with van der Waals surface area (Å²) in [6.45, 7) is 1.92. The van der Waals surface area contributed by atoms with Crippen LogP contribution in [0.3, 0.4) is 0 Å². The van der Waals surface area contributed by atoms with E-state index in [0.717, 1.165) is 13.0 Å². The molecule has 1 aliphatic heterocycles. The quantitative estimate of drug-likeness (QED) is 0.592. The highest BCUT2D eigenvalue weighted by Gasteiger charge is 2.31. The van der Waals surface area contributed by atoms with Crippen molar-refractivity contribution >= 4 is 11.8 Å². The minimum atomic E-state index is -1.23. The molecule has 1 aliphatic rings. The van der Waals surface area contributed by atoms with Crippen molar-refractivity contribution in [3.8, 4) is 11.4 Å². The smallest absolute Gasteiger partial charge is 0.409 e. The first-order chi connectivity index (χ1) is 12.8. The summed E-state index contributed by atoms with van der Waals surface area (Å²) < 4.78 is 38.3. The van der Waals surface area contributed by atoms with E-state index in [4.69, 9.17) is 4.52 Å². The molecule has 1 saturated heterocycles. The third-order valence-corrected chi connectivity index (χ3v) is 4.50. The molecule has 11 heteroatoms. The number of rotatable bonds is 3. The lowest BCUT2D eigenvalue weighted by Crippen LogP contribution is -2.39. The Morgan fingerprint density at radius 2 is 2.22 bits per heavy atom. The summed E-state index contributed by atoms with van der Waals surface area (Å²) in [6, 6.07) is 0.800. The van der Waals surface area contributed by atoms with E-state index >= 15 is 0 Å². The van der Waals surface area contributed by atoms with Gasteiger partial charge >= 0.3 is 11.8 Å². The number of carbonyl (C=O) groups is 1. The predicted octanol–water partition coefficient (Wildman–Crippen LogP) is 3.18. The summed E-state index contributed by atoms with van der Waals surface area (Å²) in [5.41, 5.74) is -1.84. The van der Waals surface area contributed by atoms with E-state index in [9.17, 15) is 23.7 Å². The Labute approximate surface area is 152 Å². The van der Waals surface area contributed by atoms with Gasteiger partial charge in [-0.05, 0) is 25.8 Å². The third-order valence-electron chi connectivity index (χ3n) is 4.50. The molecule has 0 spiro atoms. The zero-order valence-corrected chi connectivity index (χ0v) is 14.6. The van der Waals surface area contributed by atoms with Crippen molar-refractivity contribution in [2.45, 2.75) is 25.7 Å². The fourth-order valence-corrected chi connectivity index (χ4v) is 3.07. The van der Waals surface area contributed by atoms with Crippen LogP contribution in [0.15, 0.2) is 10.6 Å². The molecule has 0 N–H and O–H groups in total. The van der Waals surface area contributed by atoms with Crippen molar-refractivity contribution in [3.05, 3.63) is 39.3 Å². The molecule has 1 aromatic carbocycles. The number of piperidine rings is 1. The average molecular weight is 382 g/mol. The number of methoxy groups -OCH3 is 1. The van der Waals surface area contributed by atoms with Crippen molar-refractivity contribution in [3.63, 3.8) is 0 Å². The van der Waals surface area contributed by atoms with Gasteiger partial charge in [0.05, 0.1) is 29.1 Å². The number of benzene rings is 1. The number of halogens is 2. The maximum atomic E-state index is 14.5. The molecule has 27 heavy (non-hydrogen) atoms. The van der Waals surface area contributed by atoms with Gasteiger partial charge in [-0.25, -0.2) is 9.18 Å². The molecule has 9 nitrogen and oxygen atoms in total. The van der Waals surface area contributed by atoms with Gasteiger partial charge in [-0.1, -0.05) is 5.16 Å². The molecular formula is C16H16F2N4O5. The number of aromatic nitrogens is 2. The third kappa shape index (κ3) is 3.44. The Balaban J connectivity index is 1.93. The van der Waals surface area contributed by atoms with Crippen LogP contribution in [-0.2, 0) is 4.74 Å². The molecule has 1 atom stereocenters. The number of likely N-dealkylation sites (tertiary alicyclic amines) is 1. The van der Waals surface area contributed by atoms with Gasteiger partial charge in [0.25, 0.3) is 0 Å². The van der Waals surface area contributed by atoms with Crippen molar-refractivity contribution in [1.82, 2.24) is 15.0 Å². The standard InChI is InChI=1S/C16H16F2N4O5/c1-8-11(17)6-10(12(18)13(8)22(24)25)14-19-15(27-20-14)9-4-3-5-21(7-9)16(23)26-2/h6,9H,3-5,7H2,1-2H3. The van der Waals surface area contributed by atoms with Crippen LogP contribution < -0.4 is 0 Å². The Morgan fingerprint density at radius 3 is 2.89 bits per heavy atom. The lowest BCUT2D eigenvalue weighted by atomic mass is 9.98. The number of nitrogens with zero attached hydrogens (tertiary/aromatic N) is 4. The van der Waals surface area contributed by atoms with E-state index in [2.05, 4.69) is 14.9 Å². The van der Waals surface area contributed by atoms with Crippen LogP contribution in [0.2, 0.25) is 0 Å². The van der Waals surface area contributed by atoms with E-state index < -0.39 is 39.5 Å². The van der Waals surface area contributed by atoms with Crippen LogP contribution in [0.25, 0.3) is 11.4 Å². The first kappa shape index (κ1) is 18.7. The van der Waals surface area contributed by atoms with E-state index in [1.54, 1.807) is 0 Å². The van der Waals surface area contributed by atoms with Crippen molar-refractivity contribution in [2.75, 3.05) is 20.2 Å². The Morgan fingerprint density at radius 1 is 1.48 bits per heavy atom. The lowest BCUT2D eigenvalue weighted by molar-refractivity contribution is -0.388. The summed E-state index contributed by atoms with van der Waals surface area (Å²) >= 11 is 0. The fourth-order valence-electron chi connectivity index (χ4n) is 3.07. The summed E-state index contributed by atoms with van der Waals surface area (Å²) in [6.07, 6.45) is 0.845. The number of nitro benzene ring substituents is 1. The van der Waals surface area contributed by atoms with Gasteiger partial charge in [-0.2, -0.15) is 9.37 Å². The zero-order chi connectivity index (χ0) is 19.7. The number of hydrogen-bond acceptors (Lipinski definition) is 7. The Hall–Kier alpha value is -3.11. The van der Waals surface area contributed by atoms with Gasteiger partial charge in [0.15, 0.2) is 0 Å². The largest absolute Gasteiger partial charge is 0.453 e. The van der Waals surface area contributed by atoms with Crippen molar-refractivity contribution in [2.24, 2.45) is 0 Å².